The normalized spacial score (nSPS) is 11.6. The smallest absolute Gasteiger partial charge is 0.252 e. The Kier molecular flexibility index (Phi) is 8.97. The van der Waals surface area contributed by atoms with Crippen molar-refractivity contribution in [3.63, 3.8) is 0 Å². The van der Waals surface area contributed by atoms with Crippen LogP contribution in [0.1, 0.15) is 51.2 Å². The Labute approximate surface area is 237 Å². The number of hydrogen-bond donors (Lipinski definition) is 1. The van der Waals surface area contributed by atoms with Gasteiger partial charge in [-0.1, -0.05) is 61.0 Å². The van der Waals surface area contributed by atoms with E-state index in [-0.39, 0.29) is 30.8 Å². The molecule has 0 saturated heterocycles. The minimum absolute atomic E-state index is 0.0382. The number of rotatable bonds is 11. The van der Waals surface area contributed by atoms with Crippen LogP contribution in [-0.2, 0) is 17.6 Å². The third-order valence-electron chi connectivity index (χ3n) is 6.75. The summed E-state index contributed by atoms with van der Waals surface area (Å²) in [7, 11) is 1.47. The Bertz CT molecular complexity index is 1610. The number of carbonyl (C=O) groups excluding carboxylic acids is 3. The van der Waals surface area contributed by atoms with Gasteiger partial charge in [0.1, 0.15) is 5.75 Å². The van der Waals surface area contributed by atoms with Crippen molar-refractivity contribution in [3.05, 3.63) is 123 Å². The Hall–Kier alpha value is -4.49. The Morgan fingerprint density at radius 2 is 1.62 bits per heavy atom. The molecule has 0 unspecified atom stereocenters. The van der Waals surface area contributed by atoms with Gasteiger partial charge >= 0.3 is 0 Å². The summed E-state index contributed by atoms with van der Waals surface area (Å²) in [5.41, 5.74) is 8.15. The highest BCUT2D eigenvalue weighted by Gasteiger charge is 2.25. The molecule has 0 bridgehead atoms. The molecule has 0 aliphatic heterocycles. The lowest BCUT2D eigenvalue weighted by Gasteiger charge is -2.22. The van der Waals surface area contributed by atoms with Gasteiger partial charge in [0.2, 0.25) is 5.91 Å². The lowest BCUT2D eigenvalue weighted by atomic mass is 9.94. The molecule has 1 aromatic heterocycles. The Balaban J connectivity index is 1.79. The monoisotopic (exact) mass is 556 g/mol. The minimum atomic E-state index is -0.843. The molecular weight excluding hydrogens is 528 g/mol. The Morgan fingerprint density at radius 3 is 2.25 bits per heavy atom. The fraction of sp³-hybridized carbons (Fsp3) is 0.188. The summed E-state index contributed by atoms with van der Waals surface area (Å²) in [4.78, 5) is 51.4. The minimum Gasteiger partial charge on any atom is -0.495 e. The molecule has 3 aromatic carbocycles. The first-order chi connectivity index (χ1) is 19.2. The predicted octanol–water partition coefficient (Wildman–Crippen LogP) is 5.46. The van der Waals surface area contributed by atoms with Crippen LogP contribution in [-0.4, -0.2) is 29.2 Å². The van der Waals surface area contributed by atoms with Gasteiger partial charge in [-0.15, -0.1) is 0 Å². The largest absolute Gasteiger partial charge is 0.495 e. The van der Waals surface area contributed by atoms with Crippen LogP contribution in [0.25, 0.3) is 11.1 Å². The van der Waals surface area contributed by atoms with Gasteiger partial charge in [-0.3, -0.25) is 19.2 Å². The molecule has 1 atom stereocenters. The standard InChI is InChI=1S/C32H29ClN2O5/c1-3-28(36)24-14-13-23(33)17-25(24)26-18-31(38)35(19-30(26)40-2)27(15-20-7-5-4-6-8-20)29(37)16-21-9-11-22(12-10-21)32(34)39/h4-14,17-19,27H,3,15-16H2,1-2H3,(H2,34,39)/t27-/m0/s1. The summed E-state index contributed by atoms with van der Waals surface area (Å²) in [6.07, 6.45) is 2.11. The van der Waals surface area contributed by atoms with Crippen molar-refractivity contribution in [2.24, 2.45) is 5.73 Å². The van der Waals surface area contributed by atoms with Crippen molar-refractivity contribution in [1.82, 2.24) is 4.57 Å². The van der Waals surface area contributed by atoms with E-state index in [0.29, 0.717) is 38.6 Å². The molecular formula is C32H29ClN2O5. The first-order valence-corrected chi connectivity index (χ1v) is 13.2. The van der Waals surface area contributed by atoms with Gasteiger partial charge in [-0.25, -0.2) is 0 Å². The van der Waals surface area contributed by atoms with Gasteiger partial charge in [0, 0.05) is 47.0 Å². The van der Waals surface area contributed by atoms with Crippen molar-refractivity contribution < 1.29 is 19.1 Å². The molecule has 0 radical (unpaired) electrons. The zero-order valence-corrected chi connectivity index (χ0v) is 23.0. The molecule has 204 valence electrons. The van der Waals surface area contributed by atoms with Gasteiger partial charge < -0.3 is 15.0 Å². The van der Waals surface area contributed by atoms with E-state index >= 15 is 0 Å². The summed E-state index contributed by atoms with van der Waals surface area (Å²) < 4.78 is 7.04. The quantitative estimate of drug-likeness (QED) is 0.247. The van der Waals surface area contributed by atoms with E-state index < -0.39 is 17.5 Å². The first-order valence-electron chi connectivity index (χ1n) is 12.8. The number of primary amides is 1. The maximum atomic E-state index is 13.7. The van der Waals surface area contributed by atoms with Crippen molar-refractivity contribution in [1.29, 1.82) is 0 Å². The van der Waals surface area contributed by atoms with Crippen LogP contribution in [0.15, 0.2) is 89.9 Å². The van der Waals surface area contributed by atoms with E-state index in [2.05, 4.69) is 0 Å². The van der Waals surface area contributed by atoms with Gasteiger partial charge in [0.15, 0.2) is 11.6 Å². The zero-order valence-electron chi connectivity index (χ0n) is 22.2. The summed E-state index contributed by atoms with van der Waals surface area (Å²) in [6, 6.07) is 21.3. The summed E-state index contributed by atoms with van der Waals surface area (Å²) in [5, 5.41) is 0.411. The van der Waals surface area contributed by atoms with Gasteiger partial charge in [-0.05, 0) is 47.0 Å². The van der Waals surface area contributed by atoms with Crippen LogP contribution < -0.4 is 16.0 Å². The number of hydrogen-bond acceptors (Lipinski definition) is 5. The molecule has 0 spiro atoms. The second-order valence-corrected chi connectivity index (χ2v) is 9.81. The molecule has 7 nitrogen and oxygen atoms in total. The van der Waals surface area contributed by atoms with E-state index in [9.17, 15) is 19.2 Å². The third-order valence-corrected chi connectivity index (χ3v) is 6.99. The molecule has 4 aromatic rings. The number of aromatic nitrogens is 1. The fourth-order valence-corrected chi connectivity index (χ4v) is 4.80. The lowest BCUT2D eigenvalue weighted by Crippen LogP contribution is -2.32. The van der Waals surface area contributed by atoms with Crippen molar-refractivity contribution in [2.45, 2.75) is 32.2 Å². The first kappa shape index (κ1) is 28.5. The highest BCUT2D eigenvalue weighted by Crippen LogP contribution is 2.34. The SMILES string of the molecule is CCC(=O)c1ccc(Cl)cc1-c1cc(=O)n([C@@H](Cc2ccccc2)C(=O)Cc2ccc(C(N)=O)cc2)cc1OC. The number of nitrogens with zero attached hydrogens (tertiary/aromatic N) is 1. The molecule has 0 aliphatic rings. The van der Waals surface area contributed by atoms with Crippen molar-refractivity contribution in [2.75, 3.05) is 7.11 Å². The van der Waals surface area contributed by atoms with Crippen LogP contribution in [0.4, 0.5) is 0 Å². The van der Waals surface area contributed by atoms with Crippen LogP contribution >= 0.6 is 11.6 Å². The number of nitrogens with two attached hydrogens (primary N) is 1. The average molecular weight is 557 g/mol. The number of ether oxygens (including phenoxy) is 1. The number of Topliss-reactive ketones (excluding diaryl/α,β-unsaturated/α-hetero) is 2. The molecule has 0 fully saturated rings. The molecule has 2 N–H and O–H groups in total. The van der Waals surface area contributed by atoms with Gasteiger partial charge in [-0.2, -0.15) is 0 Å². The summed E-state index contributed by atoms with van der Waals surface area (Å²) in [5.74, 6) is -0.527. The average Bonchev–Trinajstić information content (AvgIpc) is 2.96. The maximum absolute atomic E-state index is 13.7. The molecule has 0 saturated carbocycles. The van der Waals surface area contributed by atoms with Crippen LogP contribution in [0.3, 0.4) is 0 Å². The van der Waals surface area contributed by atoms with E-state index in [1.54, 1.807) is 49.4 Å². The second kappa shape index (κ2) is 12.6. The van der Waals surface area contributed by atoms with Gasteiger partial charge in [0.25, 0.3) is 5.56 Å². The second-order valence-electron chi connectivity index (χ2n) is 9.38. The number of carbonyl (C=O) groups is 3. The van der Waals surface area contributed by atoms with Crippen LogP contribution in [0.5, 0.6) is 5.75 Å². The van der Waals surface area contributed by atoms with E-state index in [0.717, 1.165) is 5.56 Å². The number of methoxy groups -OCH3 is 1. The summed E-state index contributed by atoms with van der Waals surface area (Å²) >= 11 is 6.26. The molecule has 4 rings (SSSR count). The van der Waals surface area contributed by atoms with E-state index in [1.165, 1.54) is 23.9 Å². The van der Waals surface area contributed by atoms with Crippen LogP contribution in [0, 0.1) is 0 Å². The number of amides is 1. The Morgan fingerprint density at radius 1 is 0.925 bits per heavy atom. The fourth-order valence-electron chi connectivity index (χ4n) is 4.63. The van der Waals surface area contributed by atoms with Crippen molar-refractivity contribution >= 4 is 29.1 Å². The highest BCUT2D eigenvalue weighted by molar-refractivity contribution is 6.31. The van der Waals surface area contributed by atoms with Crippen LogP contribution in [0.2, 0.25) is 5.02 Å². The molecule has 1 heterocycles. The number of benzene rings is 3. The number of ketones is 2. The van der Waals surface area contributed by atoms with E-state index in [4.69, 9.17) is 22.1 Å². The zero-order chi connectivity index (χ0) is 28.8. The maximum Gasteiger partial charge on any atom is 0.252 e. The van der Waals surface area contributed by atoms with Crippen molar-refractivity contribution in [3.8, 4) is 16.9 Å². The number of halogens is 1. The summed E-state index contributed by atoms with van der Waals surface area (Å²) in [6.45, 7) is 1.76. The number of pyridine rings is 1. The lowest BCUT2D eigenvalue weighted by molar-refractivity contribution is -0.121. The molecule has 40 heavy (non-hydrogen) atoms. The topological polar surface area (TPSA) is 108 Å². The molecule has 0 aliphatic carbocycles. The van der Waals surface area contributed by atoms with Gasteiger partial charge in [0.05, 0.1) is 19.3 Å². The molecule has 1 amide bonds. The third kappa shape index (κ3) is 6.38. The predicted molar refractivity (Wildman–Crippen MR) is 155 cm³/mol. The van der Waals surface area contributed by atoms with E-state index in [1.807, 2.05) is 30.3 Å². The molecule has 8 heteroatoms. The highest BCUT2D eigenvalue weighted by atomic mass is 35.5.